The Kier molecular flexibility index (Phi) is 7.23. The Morgan fingerprint density at radius 2 is 1.85 bits per heavy atom. The molecule has 33 heavy (non-hydrogen) atoms. The Morgan fingerprint density at radius 1 is 1.03 bits per heavy atom. The molecule has 1 aliphatic carbocycles. The number of nitrogens with zero attached hydrogens (tertiary/aromatic N) is 3. The number of amides is 2. The highest BCUT2D eigenvalue weighted by molar-refractivity contribution is 5.93. The van der Waals surface area contributed by atoms with Crippen molar-refractivity contribution in [3.8, 4) is 23.3 Å². The van der Waals surface area contributed by atoms with Crippen LogP contribution in [-0.4, -0.2) is 44.8 Å². The van der Waals surface area contributed by atoms with E-state index in [0.717, 1.165) is 30.0 Å². The molecule has 1 heterocycles. The summed E-state index contributed by atoms with van der Waals surface area (Å²) >= 11 is 0. The lowest BCUT2D eigenvalue weighted by molar-refractivity contribution is 0.191. The van der Waals surface area contributed by atoms with E-state index < -0.39 is 0 Å². The van der Waals surface area contributed by atoms with E-state index in [1.807, 2.05) is 29.2 Å². The molecule has 2 aliphatic rings. The average Bonchev–Trinajstić information content (AvgIpc) is 3.67. The van der Waals surface area contributed by atoms with Gasteiger partial charge in [0.25, 0.3) is 0 Å². The third-order valence-corrected chi connectivity index (χ3v) is 6.26. The second-order valence-corrected chi connectivity index (χ2v) is 8.62. The first-order valence-corrected chi connectivity index (χ1v) is 11.6. The zero-order valence-corrected chi connectivity index (χ0v) is 19.4. The van der Waals surface area contributed by atoms with Crippen LogP contribution in [0.2, 0.25) is 0 Å². The zero-order chi connectivity index (χ0) is 23.2. The third-order valence-electron chi connectivity index (χ3n) is 6.26. The smallest absolute Gasteiger partial charge is 0.324 e. The van der Waals surface area contributed by atoms with E-state index in [9.17, 15) is 4.79 Å². The van der Waals surface area contributed by atoms with Crippen molar-refractivity contribution >= 4 is 11.7 Å². The van der Waals surface area contributed by atoms with Crippen LogP contribution in [0.4, 0.5) is 10.5 Å². The maximum Gasteiger partial charge on any atom is 0.324 e. The second-order valence-electron chi connectivity index (χ2n) is 8.62. The lowest BCUT2D eigenvalue weighted by Crippen LogP contribution is -2.49. The summed E-state index contributed by atoms with van der Waals surface area (Å²) in [4.78, 5) is 16.9. The van der Waals surface area contributed by atoms with Crippen LogP contribution >= 0.6 is 0 Å². The van der Waals surface area contributed by atoms with E-state index in [4.69, 9.17) is 19.5 Å². The lowest BCUT2D eigenvalue weighted by Gasteiger charge is -2.36. The zero-order valence-electron chi connectivity index (χ0n) is 19.4. The van der Waals surface area contributed by atoms with Crippen molar-refractivity contribution in [2.75, 3.05) is 38.8 Å². The SMILES string of the molecule is COc1cc(C#N)ccc1CN1CCCN(c2ccc(OC)c(OCCCC3CC3)c2)C1=O. The van der Waals surface area contributed by atoms with Gasteiger partial charge in [-0.25, -0.2) is 4.79 Å². The standard InChI is InChI=1S/C26H31N3O4/c1-31-23-11-10-22(16-25(23)33-14-3-5-19-6-7-19)29-13-4-12-28(26(29)30)18-21-9-8-20(17-27)15-24(21)32-2/h8-11,15-16,19H,3-7,12-14,18H2,1-2H3. The molecular formula is C26H31N3O4. The molecule has 2 aromatic carbocycles. The minimum absolute atomic E-state index is 0.0579. The van der Waals surface area contributed by atoms with Gasteiger partial charge in [0.1, 0.15) is 5.75 Å². The number of carbonyl (C=O) groups is 1. The summed E-state index contributed by atoms with van der Waals surface area (Å²) in [7, 11) is 3.21. The summed E-state index contributed by atoms with van der Waals surface area (Å²) in [6.07, 6.45) is 5.79. The van der Waals surface area contributed by atoms with Crippen LogP contribution < -0.4 is 19.1 Å². The number of hydrogen-bond donors (Lipinski definition) is 0. The van der Waals surface area contributed by atoms with E-state index in [1.54, 1.807) is 31.3 Å². The molecular weight excluding hydrogens is 418 g/mol. The fourth-order valence-electron chi connectivity index (χ4n) is 4.23. The number of carbonyl (C=O) groups excluding carboxylic acids is 1. The number of nitriles is 1. The van der Waals surface area contributed by atoms with E-state index in [1.165, 1.54) is 19.3 Å². The van der Waals surface area contributed by atoms with E-state index in [0.29, 0.717) is 49.1 Å². The summed E-state index contributed by atoms with van der Waals surface area (Å²) in [5.41, 5.74) is 2.21. The molecule has 0 aromatic heterocycles. The van der Waals surface area contributed by atoms with Crippen molar-refractivity contribution in [1.29, 1.82) is 5.26 Å². The number of anilines is 1. The monoisotopic (exact) mass is 449 g/mol. The molecule has 0 atom stereocenters. The summed E-state index contributed by atoms with van der Waals surface area (Å²) in [5.74, 6) is 2.84. The predicted octanol–water partition coefficient (Wildman–Crippen LogP) is 4.98. The minimum Gasteiger partial charge on any atom is -0.496 e. The number of ether oxygens (including phenoxy) is 3. The van der Waals surface area contributed by atoms with E-state index in [-0.39, 0.29) is 6.03 Å². The molecule has 0 unspecified atom stereocenters. The van der Waals surface area contributed by atoms with Gasteiger partial charge in [-0.3, -0.25) is 4.90 Å². The van der Waals surface area contributed by atoms with Crippen molar-refractivity contribution in [3.63, 3.8) is 0 Å². The van der Waals surface area contributed by atoms with Gasteiger partial charge >= 0.3 is 6.03 Å². The van der Waals surface area contributed by atoms with E-state index in [2.05, 4.69) is 6.07 Å². The molecule has 7 heteroatoms. The van der Waals surface area contributed by atoms with E-state index >= 15 is 0 Å². The van der Waals surface area contributed by atoms with Crippen LogP contribution in [0.1, 0.15) is 43.2 Å². The Hall–Kier alpha value is -3.40. The highest BCUT2D eigenvalue weighted by Crippen LogP contribution is 2.35. The molecule has 2 aromatic rings. The molecule has 1 saturated heterocycles. The maximum atomic E-state index is 13.3. The molecule has 0 N–H and O–H groups in total. The van der Waals surface area contributed by atoms with Crippen molar-refractivity contribution < 1.29 is 19.0 Å². The largest absolute Gasteiger partial charge is 0.496 e. The fraction of sp³-hybridized carbons (Fsp3) is 0.462. The Balaban J connectivity index is 1.46. The first-order chi connectivity index (χ1) is 16.1. The molecule has 2 fully saturated rings. The van der Waals surface area contributed by atoms with Crippen molar-refractivity contribution in [2.45, 2.75) is 38.6 Å². The van der Waals surface area contributed by atoms with Gasteiger partial charge in [-0.1, -0.05) is 18.9 Å². The summed E-state index contributed by atoms with van der Waals surface area (Å²) in [6, 6.07) is 13.0. The van der Waals surface area contributed by atoms with Crippen LogP contribution in [-0.2, 0) is 6.54 Å². The third kappa shape index (κ3) is 5.51. The minimum atomic E-state index is -0.0579. The van der Waals surface area contributed by atoms with Crippen LogP contribution in [0.25, 0.3) is 0 Å². The van der Waals surface area contributed by atoms with Gasteiger partial charge in [0.15, 0.2) is 11.5 Å². The number of methoxy groups -OCH3 is 2. The summed E-state index contributed by atoms with van der Waals surface area (Å²) < 4.78 is 17.0. The Bertz CT molecular complexity index is 1030. The number of benzene rings is 2. The first-order valence-electron chi connectivity index (χ1n) is 11.6. The lowest BCUT2D eigenvalue weighted by atomic mass is 10.1. The van der Waals surface area contributed by atoms with Gasteiger partial charge in [0.05, 0.1) is 39.0 Å². The maximum absolute atomic E-state index is 13.3. The van der Waals surface area contributed by atoms with Gasteiger partial charge in [0, 0.05) is 30.4 Å². The normalized spacial score (nSPS) is 15.8. The molecule has 1 saturated carbocycles. The summed E-state index contributed by atoms with van der Waals surface area (Å²) in [6.45, 7) is 2.38. The molecule has 0 spiro atoms. The molecule has 0 bridgehead atoms. The van der Waals surface area contributed by atoms with Gasteiger partial charge in [-0.15, -0.1) is 0 Å². The Morgan fingerprint density at radius 3 is 2.58 bits per heavy atom. The van der Waals surface area contributed by atoms with Crippen LogP contribution in [0.3, 0.4) is 0 Å². The molecule has 2 amide bonds. The van der Waals surface area contributed by atoms with Crippen LogP contribution in [0.15, 0.2) is 36.4 Å². The van der Waals surface area contributed by atoms with Gasteiger partial charge in [0.2, 0.25) is 0 Å². The topological polar surface area (TPSA) is 75.0 Å². The number of urea groups is 1. The van der Waals surface area contributed by atoms with Crippen LogP contribution in [0, 0.1) is 17.2 Å². The fourth-order valence-corrected chi connectivity index (χ4v) is 4.23. The first kappa shape index (κ1) is 22.8. The van der Waals surface area contributed by atoms with Gasteiger partial charge in [-0.2, -0.15) is 5.26 Å². The molecule has 0 radical (unpaired) electrons. The molecule has 7 nitrogen and oxygen atoms in total. The number of hydrogen-bond acceptors (Lipinski definition) is 5. The quantitative estimate of drug-likeness (QED) is 0.479. The second kappa shape index (κ2) is 10.5. The van der Waals surface area contributed by atoms with Crippen molar-refractivity contribution in [3.05, 3.63) is 47.5 Å². The number of rotatable bonds is 10. The molecule has 4 rings (SSSR count). The highest BCUT2D eigenvalue weighted by atomic mass is 16.5. The van der Waals surface area contributed by atoms with Gasteiger partial charge < -0.3 is 19.1 Å². The summed E-state index contributed by atoms with van der Waals surface area (Å²) in [5, 5.41) is 9.13. The molecule has 174 valence electrons. The van der Waals surface area contributed by atoms with Crippen molar-refractivity contribution in [1.82, 2.24) is 4.90 Å². The van der Waals surface area contributed by atoms with Crippen molar-refractivity contribution in [2.24, 2.45) is 5.92 Å². The Labute approximate surface area is 195 Å². The highest BCUT2D eigenvalue weighted by Gasteiger charge is 2.28. The average molecular weight is 450 g/mol. The molecule has 1 aliphatic heterocycles. The van der Waals surface area contributed by atoms with Gasteiger partial charge in [-0.05, 0) is 49.4 Å². The predicted molar refractivity (Wildman–Crippen MR) is 126 cm³/mol. The van der Waals surface area contributed by atoms with Crippen LogP contribution in [0.5, 0.6) is 17.2 Å².